The fourth-order valence-electron chi connectivity index (χ4n) is 1.45. The molecule has 1 aromatic rings. The van der Waals surface area contributed by atoms with Crippen LogP contribution in [0.5, 0.6) is 0 Å². The van der Waals surface area contributed by atoms with Gasteiger partial charge in [-0.3, -0.25) is 24.8 Å². The standard InChI is InChI=1S/C12H15N3O6/c1-12(2,3)21-11(18)14(7-10(16)17)8-4-5-13-6-9(8)15(19)20/h4-6H,7H2,1-3H3,(H,16,17). The number of carbonyl (C=O) groups is 2. The number of amides is 1. The van der Waals surface area contributed by atoms with Crippen LogP contribution in [0.1, 0.15) is 20.8 Å². The van der Waals surface area contributed by atoms with E-state index in [0.717, 1.165) is 6.20 Å². The number of hydrogen-bond acceptors (Lipinski definition) is 6. The second-order valence-corrected chi connectivity index (χ2v) is 5.08. The van der Waals surface area contributed by atoms with Crippen molar-refractivity contribution in [2.75, 3.05) is 11.4 Å². The first-order chi connectivity index (χ1) is 9.61. The highest BCUT2D eigenvalue weighted by Gasteiger charge is 2.30. The van der Waals surface area contributed by atoms with Crippen LogP contribution in [0.2, 0.25) is 0 Å². The lowest BCUT2D eigenvalue weighted by Crippen LogP contribution is -2.40. The minimum Gasteiger partial charge on any atom is -0.480 e. The number of carbonyl (C=O) groups excluding carboxylic acids is 1. The van der Waals surface area contributed by atoms with Gasteiger partial charge in [0.25, 0.3) is 0 Å². The number of hydrogen-bond donors (Lipinski definition) is 1. The Hall–Kier alpha value is -2.71. The van der Waals surface area contributed by atoms with Gasteiger partial charge in [0, 0.05) is 6.20 Å². The van der Waals surface area contributed by atoms with Gasteiger partial charge < -0.3 is 9.84 Å². The van der Waals surface area contributed by atoms with Gasteiger partial charge >= 0.3 is 17.7 Å². The molecule has 1 aromatic heterocycles. The van der Waals surface area contributed by atoms with Crippen LogP contribution in [0.25, 0.3) is 0 Å². The summed E-state index contributed by atoms with van der Waals surface area (Å²) >= 11 is 0. The molecule has 0 aliphatic carbocycles. The minimum absolute atomic E-state index is 0.188. The molecule has 0 unspecified atom stereocenters. The molecule has 9 nitrogen and oxygen atoms in total. The monoisotopic (exact) mass is 297 g/mol. The van der Waals surface area contributed by atoms with E-state index in [2.05, 4.69) is 4.98 Å². The molecule has 0 fully saturated rings. The largest absolute Gasteiger partial charge is 0.480 e. The van der Waals surface area contributed by atoms with Gasteiger partial charge in [-0.1, -0.05) is 0 Å². The molecule has 1 heterocycles. The zero-order valence-corrected chi connectivity index (χ0v) is 11.8. The summed E-state index contributed by atoms with van der Waals surface area (Å²) in [5.74, 6) is -1.33. The molecule has 0 aromatic carbocycles. The van der Waals surface area contributed by atoms with Crippen LogP contribution in [-0.2, 0) is 9.53 Å². The lowest BCUT2D eigenvalue weighted by atomic mass is 10.2. The summed E-state index contributed by atoms with van der Waals surface area (Å²) in [4.78, 5) is 37.5. The Balaban J connectivity index is 3.23. The third-order valence-electron chi connectivity index (χ3n) is 2.17. The summed E-state index contributed by atoms with van der Waals surface area (Å²) in [5.41, 5.74) is -1.54. The predicted octanol–water partition coefficient (Wildman–Crippen LogP) is 1.82. The third kappa shape index (κ3) is 4.71. The van der Waals surface area contributed by atoms with Crippen molar-refractivity contribution in [3.05, 3.63) is 28.6 Å². The maximum atomic E-state index is 12.1. The van der Waals surface area contributed by atoms with E-state index in [9.17, 15) is 19.7 Å². The number of nitro groups is 1. The first-order valence-electron chi connectivity index (χ1n) is 5.92. The number of nitrogens with zero attached hydrogens (tertiary/aromatic N) is 3. The molecule has 0 saturated heterocycles. The van der Waals surface area contributed by atoms with E-state index in [-0.39, 0.29) is 5.69 Å². The summed E-state index contributed by atoms with van der Waals surface area (Å²) in [7, 11) is 0. The van der Waals surface area contributed by atoms with Crippen molar-refractivity contribution < 1.29 is 24.4 Å². The Labute approximate surface area is 120 Å². The average Bonchev–Trinajstić information content (AvgIpc) is 2.33. The normalized spacial score (nSPS) is 10.8. The molecule has 114 valence electrons. The van der Waals surface area contributed by atoms with Crippen LogP contribution < -0.4 is 4.90 Å². The van der Waals surface area contributed by atoms with Gasteiger partial charge in [0.2, 0.25) is 0 Å². The van der Waals surface area contributed by atoms with Gasteiger partial charge in [-0.2, -0.15) is 0 Å². The average molecular weight is 297 g/mol. The minimum atomic E-state index is -1.33. The number of pyridine rings is 1. The van der Waals surface area contributed by atoms with E-state index in [1.165, 1.54) is 12.3 Å². The van der Waals surface area contributed by atoms with Crippen LogP contribution in [0.4, 0.5) is 16.2 Å². The topological polar surface area (TPSA) is 123 Å². The maximum absolute atomic E-state index is 12.1. The Morgan fingerprint density at radius 3 is 2.57 bits per heavy atom. The lowest BCUT2D eigenvalue weighted by molar-refractivity contribution is -0.384. The van der Waals surface area contributed by atoms with Gasteiger partial charge in [-0.15, -0.1) is 0 Å². The fourth-order valence-corrected chi connectivity index (χ4v) is 1.45. The molecule has 0 bridgehead atoms. The van der Waals surface area contributed by atoms with Crippen molar-refractivity contribution in [3.8, 4) is 0 Å². The van der Waals surface area contributed by atoms with Crippen LogP contribution in [-0.4, -0.2) is 39.2 Å². The Morgan fingerprint density at radius 1 is 1.48 bits per heavy atom. The molecular formula is C12H15N3O6. The van der Waals surface area contributed by atoms with E-state index in [4.69, 9.17) is 9.84 Å². The van der Waals surface area contributed by atoms with Crippen LogP contribution >= 0.6 is 0 Å². The van der Waals surface area contributed by atoms with Crippen molar-refractivity contribution in [2.45, 2.75) is 26.4 Å². The Bertz CT molecular complexity index is 566. The number of aromatic nitrogens is 1. The Morgan fingerprint density at radius 2 is 2.10 bits per heavy atom. The van der Waals surface area contributed by atoms with Gasteiger partial charge in [0.1, 0.15) is 24.0 Å². The highest BCUT2D eigenvalue weighted by molar-refractivity contribution is 5.95. The molecule has 0 spiro atoms. The van der Waals surface area contributed by atoms with Gasteiger partial charge in [0.15, 0.2) is 0 Å². The maximum Gasteiger partial charge on any atom is 0.415 e. The van der Waals surface area contributed by atoms with Crippen molar-refractivity contribution >= 4 is 23.4 Å². The van der Waals surface area contributed by atoms with Crippen molar-refractivity contribution in [1.29, 1.82) is 0 Å². The summed E-state index contributed by atoms with van der Waals surface area (Å²) < 4.78 is 5.07. The second kappa shape index (κ2) is 6.16. The molecule has 0 aliphatic rings. The van der Waals surface area contributed by atoms with Gasteiger partial charge in [-0.25, -0.2) is 4.79 Å². The molecule has 1 rings (SSSR count). The van der Waals surface area contributed by atoms with Crippen LogP contribution in [0.3, 0.4) is 0 Å². The molecule has 21 heavy (non-hydrogen) atoms. The number of aliphatic carboxylic acids is 1. The third-order valence-corrected chi connectivity index (χ3v) is 2.17. The first-order valence-corrected chi connectivity index (χ1v) is 5.92. The molecule has 1 amide bonds. The van der Waals surface area contributed by atoms with E-state index < -0.39 is 34.8 Å². The number of carboxylic acid groups (broad SMARTS) is 1. The highest BCUT2D eigenvalue weighted by Crippen LogP contribution is 2.27. The zero-order chi connectivity index (χ0) is 16.2. The van der Waals surface area contributed by atoms with Crippen molar-refractivity contribution in [3.63, 3.8) is 0 Å². The Kier molecular flexibility index (Phi) is 4.79. The summed E-state index contributed by atoms with van der Waals surface area (Å²) in [6, 6.07) is 1.19. The SMILES string of the molecule is CC(C)(C)OC(=O)N(CC(=O)O)c1ccncc1[N+](=O)[O-]. The second-order valence-electron chi connectivity index (χ2n) is 5.08. The van der Waals surface area contributed by atoms with E-state index in [0.29, 0.717) is 4.90 Å². The zero-order valence-electron chi connectivity index (χ0n) is 11.8. The summed E-state index contributed by atoms with van der Waals surface area (Å²) in [5, 5.41) is 19.8. The first kappa shape index (κ1) is 16.3. The smallest absolute Gasteiger partial charge is 0.415 e. The number of ether oxygens (including phenoxy) is 1. The molecule has 1 N–H and O–H groups in total. The quantitative estimate of drug-likeness (QED) is 0.664. The van der Waals surface area contributed by atoms with Crippen molar-refractivity contribution in [1.82, 2.24) is 4.98 Å². The molecule has 0 radical (unpaired) electrons. The highest BCUT2D eigenvalue weighted by atomic mass is 16.6. The summed E-state index contributed by atoms with van der Waals surface area (Å²) in [6.45, 7) is 4.04. The van der Waals surface area contributed by atoms with Gasteiger partial charge in [-0.05, 0) is 26.8 Å². The van der Waals surface area contributed by atoms with E-state index in [1.807, 2.05) is 0 Å². The number of anilines is 1. The van der Waals surface area contributed by atoms with E-state index in [1.54, 1.807) is 20.8 Å². The lowest BCUT2D eigenvalue weighted by Gasteiger charge is -2.26. The molecule has 9 heteroatoms. The molecular weight excluding hydrogens is 282 g/mol. The summed E-state index contributed by atoms with van der Waals surface area (Å²) in [6.07, 6.45) is 1.18. The molecule has 0 aliphatic heterocycles. The van der Waals surface area contributed by atoms with Crippen LogP contribution in [0.15, 0.2) is 18.5 Å². The molecule has 0 saturated carbocycles. The predicted molar refractivity (Wildman–Crippen MR) is 72.1 cm³/mol. The van der Waals surface area contributed by atoms with Crippen molar-refractivity contribution in [2.24, 2.45) is 0 Å². The van der Waals surface area contributed by atoms with Crippen LogP contribution in [0, 0.1) is 10.1 Å². The molecule has 0 atom stereocenters. The number of carboxylic acids is 1. The number of rotatable bonds is 4. The van der Waals surface area contributed by atoms with E-state index >= 15 is 0 Å². The van der Waals surface area contributed by atoms with Gasteiger partial charge in [0.05, 0.1) is 4.92 Å². The fraction of sp³-hybridized carbons (Fsp3) is 0.417.